The molecule has 0 saturated carbocycles. The van der Waals surface area contributed by atoms with Crippen molar-refractivity contribution in [2.45, 2.75) is 37.3 Å². The summed E-state index contributed by atoms with van der Waals surface area (Å²) in [6.07, 6.45) is 1.46. The molecular weight excluding hydrogens is 306 g/mol. The number of hydrogen-bond donors (Lipinski definition) is 1. The Labute approximate surface area is 132 Å². The highest BCUT2D eigenvalue weighted by molar-refractivity contribution is 8.00. The van der Waals surface area contributed by atoms with E-state index in [2.05, 4.69) is 0 Å². The molecule has 0 aromatic heterocycles. The standard InChI is InChI=1S/C14H19N3O4S/c1-2-3-9-12-10-22-14(21-13(15)18,16(12)17(19)20)11-7-5-4-6-8-11/h4-8,12H,2-3,9-10H2,1H3,(H2,15,18). The minimum absolute atomic E-state index is 0.306. The van der Waals surface area contributed by atoms with Crippen LogP contribution in [0, 0.1) is 10.1 Å². The van der Waals surface area contributed by atoms with Gasteiger partial charge in [0, 0.05) is 11.3 Å². The summed E-state index contributed by atoms with van der Waals surface area (Å²) in [5, 5.41) is 10.7. The first-order valence-electron chi connectivity index (χ1n) is 7.13. The van der Waals surface area contributed by atoms with Crippen molar-refractivity contribution in [3.05, 3.63) is 46.0 Å². The average molecular weight is 325 g/mol. The van der Waals surface area contributed by atoms with E-state index in [4.69, 9.17) is 10.5 Å². The summed E-state index contributed by atoms with van der Waals surface area (Å²) in [7, 11) is 0. The van der Waals surface area contributed by atoms with Gasteiger partial charge in [-0.3, -0.25) is 0 Å². The van der Waals surface area contributed by atoms with E-state index in [9.17, 15) is 14.9 Å². The molecule has 2 unspecified atom stereocenters. The zero-order valence-corrected chi connectivity index (χ0v) is 13.1. The summed E-state index contributed by atoms with van der Waals surface area (Å²) in [6, 6.07) is 8.40. The second-order valence-corrected chi connectivity index (χ2v) is 6.23. The number of unbranched alkanes of at least 4 members (excludes halogenated alkanes) is 1. The summed E-state index contributed by atoms with van der Waals surface area (Å²) >= 11 is 1.23. The van der Waals surface area contributed by atoms with Crippen molar-refractivity contribution in [1.82, 2.24) is 5.01 Å². The summed E-state index contributed by atoms with van der Waals surface area (Å²) in [6.45, 7) is 2.03. The van der Waals surface area contributed by atoms with Crippen LogP contribution in [0.2, 0.25) is 0 Å². The number of hydrogen-bond acceptors (Lipinski definition) is 5. The topological polar surface area (TPSA) is 98.7 Å². The molecule has 1 fully saturated rings. The fraction of sp³-hybridized carbons (Fsp3) is 0.500. The fourth-order valence-corrected chi connectivity index (χ4v) is 4.13. The number of carbonyl (C=O) groups excluding carboxylic acids is 1. The highest BCUT2D eigenvalue weighted by Crippen LogP contribution is 2.49. The maximum Gasteiger partial charge on any atom is 0.407 e. The van der Waals surface area contributed by atoms with Crippen molar-refractivity contribution < 1.29 is 14.6 Å². The van der Waals surface area contributed by atoms with Gasteiger partial charge < -0.3 is 10.5 Å². The average Bonchev–Trinajstić information content (AvgIpc) is 2.85. The molecule has 120 valence electrons. The molecule has 1 aliphatic heterocycles. The first-order chi connectivity index (χ1) is 10.5. The van der Waals surface area contributed by atoms with E-state index in [0.717, 1.165) is 17.9 Å². The van der Waals surface area contributed by atoms with E-state index in [0.29, 0.717) is 17.7 Å². The molecule has 0 aliphatic carbocycles. The third kappa shape index (κ3) is 3.11. The Hall–Kier alpha value is -1.96. The van der Waals surface area contributed by atoms with Crippen molar-refractivity contribution in [3.63, 3.8) is 0 Å². The van der Waals surface area contributed by atoms with E-state index in [1.807, 2.05) is 6.92 Å². The molecule has 1 aromatic carbocycles. The molecular formula is C14H19N3O4S. The third-order valence-electron chi connectivity index (χ3n) is 3.56. The van der Waals surface area contributed by atoms with Gasteiger partial charge in [0.05, 0.1) is 0 Å². The maximum absolute atomic E-state index is 11.6. The third-order valence-corrected chi connectivity index (χ3v) is 5.01. The fourth-order valence-electron chi connectivity index (χ4n) is 2.61. The van der Waals surface area contributed by atoms with Gasteiger partial charge in [0.15, 0.2) is 5.03 Å². The van der Waals surface area contributed by atoms with E-state index in [1.54, 1.807) is 30.3 Å². The number of nitrogens with two attached hydrogens (primary N) is 1. The summed E-state index contributed by atoms with van der Waals surface area (Å²) in [5.41, 5.74) is 5.72. The van der Waals surface area contributed by atoms with Crippen LogP contribution in [0.1, 0.15) is 31.7 Å². The summed E-state index contributed by atoms with van der Waals surface area (Å²) < 4.78 is 5.26. The van der Waals surface area contributed by atoms with Crippen molar-refractivity contribution in [1.29, 1.82) is 0 Å². The van der Waals surface area contributed by atoms with Crippen LogP contribution in [0.5, 0.6) is 0 Å². The SMILES string of the molecule is CCCCC1CSC(OC(N)=O)(c2ccccc2)N1[N+](=O)[O-]. The van der Waals surface area contributed by atoms with Gasteiger partial charge in [-0.25, -0.2) is 14.9 Å². The lowest BCUT2D eigenvalue weighted by Crippen LogP contribution is -2.51. The van der Waals surface area contributed by atoms with Crippen molar-refractivity contribution in [3.8, 4) is 0 Å². The molecule has 22 heavy (non-hydrogen) atoms. The number of hydrazine groups is 1. The number of nitro groups is 1. The van der Waals surface area contributed by atoms with Crippen LogP contribution in [0.4, 0.5) is 4.79 Å². The molecule has 2 N–H and O–H groups in total. The number of rotatable bonds is 6. The Balaban J connectivity index is 2.43. The monoisotopic (exact) mass is 325 g/mol. The quantitative estimate of drug-likeness (QED) is 0.638. The molecule has 7 nitrogen and oxygen atoms in total. The van der Waals surface area contributed by atoms with E-state index < -0.39 is 16.2 Å². The van der Waals surface area contributed by atoms with Gasteiger partial charge in [-0.05, 0) is 6.42 Å². The minimum Gasteiger partial charge on any atom is -0.403 e. The molecule has 1 amide bonds. The summed E-state index contributed by atoms with van der Waals surface area (Å²) in [5.74, 6) is 0.503. The van der Waals surface area contributed by atoms with Crippen LogP contribution in [0.3, 0.4) is 0 Å². The van der Waals surface area contributed by atoms with Crippen molar-refractivity contribution in [2.24, 2.45) is 5.73 Å². The number of carbonyl (C=O) groups is 1. The predicted octanol–water partition coefficient (Wildman–Crippen LogP) is 2.69. The highest BCUT2D eigenvalue weighted by Gasteiger charge is 2.58. The van der Waals surface area contributed by atoms with E-state index in [-0.39, 0.29) is 6.04 Å². The van der Waals surface area contributed by atoms with Crippen molar-refractivity contribution in [2.75, 3.05) is 5.75 Å². The molecule has 0 radical (unpaired) electrons. The first-order valence-corrected chi connectivity index (χ1v) is 8.11. The maximum atomic E-state index is 11.6. The van der Waals surface area contributed by atoms with Crippen LogP contribution < -0.4 is 5.73 Å². The number of primary amides is 1. The van der Waals surface area contributed by atoms with Gasteiger partial charge in [-0.2, -0.15) is 0 Å². The van der Waals surface area contributed by atoms with E-state index >= 15 is 0 Å². The highest BCUT2D eigenvalue weighted by atomic mass is 32.2. The van der Waals surface area contributed by atoms with Crippen LogP contribution >= 0.6 is 11.8 Å². The molecule has 2 rings (SSSR count). The van der Waals surface area contributed by atoms with Crippen LogP contribution in [0.15, 0.2) is 30.3 Å². The Bertz CT molecular complexity index is 542. The lowest BCUT2D eigenvalue weighted by molar-refractivity contribution is -0.687. The van der Waals surface area contributed by atoms with Gasteiger partial charge in [0.1, 0.15) is 6.04 Å². The molecule has 1 aliphatic rings. The smallest absolute Gasteiger partial charge is 0.403 e. The Morgan fingerprint density at radius 3 is 2.77 bits per heavy atom. The van der Waals surface area contributed by atoms with Gasteiger partial charge in [0.2, 0.25) is 0 Å². The number of nitrogens with zero attached hydrogens (tertiary/aromatic N) is 2. The molecule has 2 atom stereocenters. The Morgan fingerprint density at radius 2 is 2.23 bits per heavy atom. The predicted molar refractivity (Wildman–Crippen MR) is 83.4 cm³/mol. The second-order valence-electron chi connectivity index (χ2n) is 5.06. The molecule has 0 bridgehead atoms. The van der Waals surface area contributed by atoms with E-state index in [1.165, 1.54) is 11.8 Å². The summed E-state index contributed by atoms with van der Waals surface area (Å²) in [4.78, 5) is 23.0. The molecule has 0 spiro atoms. The lowest BCUT2D eigenvalue weighted by atomic mass is 10.1. The zero-order chi connectivity index (χ0) is 16.2. The zero-order valence-electron chi connectivity index (χ0n) is 12.3. The first kappa shape index (κ1) is 16.4. The number of ether oxygens (including phenoxy) is 1. The number of thioether (sulfide) groups is 1. The largest absolute Gasteiger partial charge is 0.407 e. The van der Waals surface area contributed by atoms with Gasteiger partial charge in [0.25, 0.3) is 0 Å². The minimum atomic E-state index is -1.50. The van der Waals surface area contributed by atoms with Gasteiger partial charge in [-0.1, -0.05) is 66.9 Å². The molecule has 8 heteroatoms. The molecule has 1 aromatic rings. The van der Waals surface area contributed by atoms with Gasteiger partial charge in [-0.15, -0.1) is 0 Å². The molecule has 1 heterocycles. The van der Waals surface area contributed by atoms with Crippen LogP contribution in [0.25, 0.3) is 0 Å². The van der Waals surface area contributed by atoms with Crippen LogP contribution in [-0.4, -0.2) is 27.9 Å². The van der Waals surface area contributed by atoms with Gasteiger partial charge >= 0.3 is 11.2 Å². The number of benzene rings is 1. The Morgan fingerprint density at radius 1 is 1.55 bits per heavy atom. The lowest BCUT2D eigenvalue weighted by Gasteiger charge is -2.32. The number of amides is 1. The molecule has 1 saturated heterocycles. The normalized spacial score (nSPS) is 24.2. The second kappa shape index (κ2) is 6.87. The van der Waals surface area contributed by atoms with Crippen LogP contribution in [-0.2, 0) is 9.79 Å². The Kier molecular flexibility index (Phi) is 5.12. The van der Waals surface area contributed by atoms with Crippen molar-refractivity contribution >= 4 is 17.9 Å².